The molecule has 1 atom stereocenters. The fourth-order valence-electron chi connectivity index (χ4n) is 3.08. The van der Waals surface area contributed by atoms with Crippen molar-refractivity contribution < 1.29 is 13.2 Å². The van der Waals surface area contributed by atoms with E-state index in [-0.39, 0.29) is 23.2 Å². The van der Waals surface area contributed by atoms with Crippen LogP contribution >= 0.6 is 12.4 Å². The summed E-state index contributed by atoms with van der Waals surface area (Å²) in [6.07, 6.45) is 3.15. The molecule has 0 bridgehead atoms. The van der Waals surface area contributed by atoms with Gasteiger partial charge in [-0.25, -0.2) is 13.1 Å². The smallest absolute Gasteiger partial charge is 0.253 e. The third kappa shape index (κ3) is 5.17. The zero-order chi connectivity index (χ0) is 17.2. The summed E-state index contributed by atoms with van der Waals surface area (Å²) in [5, 5.41) is 3.14. The van der Waals surface area contributed by atoms with Gasteiger partial charge < -0.3 is 10.2 Å². The van der Waals surface area contributed by atoms with Crippen molar-refractivity contribution in [2.75, 3.05) is 33.2 Å². The van der Waals surface area contributed by atoms with Crippen LogP contribution in [0.2, 0.25) is 0 Å². The van der Waals surface area contributed by atoms with Crippen LogP contribution in [0.4, 0.5) is 0 Å². The van der Waals surface area contributed by atoms with Crippen molar-refractivity contribution >= 4 is 28.3 Å². The minimum atomic E-state index is -3.55. The molecule has 0 radical (unpaired) electrons. The molecule has 2 fully saturated rings. The second-order valence-electron chi connectivity index (χ2n) is 6.79. The molecule has 1 saturated heterocycles. The van der Waals surface area contributed by atoms with Gasteiger partial charge >= 0.3 is 0 Å². The number of amides is 1. The van der Waals surface area contributed by atoms with E-state index in [1.807, 2.05) is 11.9 Å². The Labute approximate surface area is 155 Å². The molecule has 1 aliphatic heterocycles. The Balaban J connectivity index is 0.00000225. The molecule has 1 unspecified atom stereocenters. The Kier molecular flexibility index (Phi) is 6.85. The molecule has 0 spiro atoms. The number of carbonyl (C=O) groups is 1. The average molecular weight is 388 g/mol. The second-order valence-corrected chi connectivity index (χ2v) is 8.55. The Morgan fingerprint density at radius 1 is 1.20 bits per heavy atom. The first-order chi connectivity index (χ1) is 11.5. The maximum atomic E-state index is 12.6. The molecule has 1 aromatic carbocycles. The molecule has 1 aromatic rings. The summed E-state index contributed by atoms with van der Waals surface area (Å²) in [5.41, 5.74) is 0.439. The van der Waals surface area contributed by atoms with Crippen molar-refractivity contribution in [3.05, 3.63) is 29.8 Å². The standard InChI is InChI=1S/C17H25N3O3S.ClH/c1-18-10-14-7-8-20(12-14)17(21)15-3-2-4-16(9-15)24(22,23)19-11-13-5-6-13;/h2-4,9,13-14,18-19H,5-8,10-12H2,1H3;1H. The SMILES string of the molecule is CNCC1CCN(C(=O)c2cccc(S(=O)(=O)NCC3CC3)c2)C1.Cl. The van der Waals surface area contributed by atoms with E-state index in [4.69, 9.17) is 0 Å². The van der Waals surface area contributed by atoms with E-state index in [0.29, 0.717) is 23.9 Å². The van der Waals surface area contributed by atoms with Gasteiger partial charge in [0.05, 0.1) is 4.90 Å². The van der Waals surface area contributed by atoms with Gasteiger partial charge in [-0.3, -0.25) is 4.79 Å². The molecule has 2 aliphatic rings. The average Bonchev–Trinajstić information content (AvgIpc) is 3.30. The molecule has 1 saturated carbocycles. The van der Waals surface area contributed by atoms with Crippen molar-refractivity contribution in [3.63, 3.8) is 0 Å². The quantitative estimate of drug-likeness (QED) is 0.742. The van der Waals surface area contributed by atoms with Crippen LogP contribution < -0.4 is 10.0 Å². The monoisotopic (exact) mass is 387 g/mol. The van der Waals surface area contributed by atoms with Crippen molar-refractivity contribution in [1.29, 1.82) is 0 Å². The summed E-state index contributed by atoms with van der Waals surface area (Å²) in [5.74, 6) is 0.845. The van der Waals surface area contributed by atoms with Crippen molar-refractivity contribution in [1.82, 2.24) is 14.9 Å². The van der Waals surface area contributed by atoms with E-state index < -0.39 is 10.0 Å². The molecule has 1 amide bonds. The number of rotatable bonds is 7. The number of sulfonamides is 1. The van der Waals surface area contributed by atoms with Crippen LogP contribution in [0, 0.1) is 11.8 Å². The van der Waals surface area contributed by atoms with Gasteiger partial charge in [0, 0.05) is 25.2 Å². The first-order valence-corrected chi connectivity index (χ1v) is 10.0. The molecule has 8 heteroatoms. The number of benzene rings is 1. The van der Waals surface area contributed by atoms with Gasteiger partial charge in [-0.15, -0.1) is 12.4 Å². The predicted molar refractivity (Wildman–Crippen MR) is 99.5 cm³/mol. The van der Waals surface area contributed by atoms with E-state index in [9.17, 15) is 13.2 Å². The zero-order valence-corrected chi connectivity index (χ0v) is 16.0. The summed E-state index contributed by atoms with van der Waals surface area (Å²) in [6, 6.07) is 6.36. The molecule has 25 heavy (non-hydrogen) atoms. The van der Waals surface area contributed by atoms with Gasteiger partial charge in [-0.05, 0) is 62.9 Å². The maximum Gasteiger partial charge on any atom is 0.253 e. The molecule has 0 aromatic heterocycles. The third-order valence-electron chi connectivity index (χ3n) is 4.72. The maximum absolute atomic E-state index is 12.6. The van der Waals surface area contributed by atoms with Crippen LogP contribution in [0.5, 0.6) is 0 Å². The number of hydrogen-bond donors (Lipinski definition) is 2. The zero-order valence-electron chi connectivity index (χ0n) is 14.4. The lowest BCUT2D eigenvalue weighted by molar-refractivity contribution is 0.0787. The highest BCUT2D eigenvalue weighted by Gasteiger charge is 2.28. The van der Waals surface area contributed by atoms with Crippen LogP contribution in [0.25, 0.3) is 0 Å². The number of halogens is 1. The predicted octanol–water partition coefficient (Wildman–Crippen LogP) is 1.48. The summed E-state index contributed by atoms with van der Waals surface area (Å²) in [7, 11) is -1.63. The van der Waals surface area contributed by atoms with Crippen LogP contribution in [0.1, 0.15) is 29.6 Å². The van der Waals surface area contributed by atoms with Crippen LogP contribution in [0.15, 0.2) is 29.2 Å². The molecular weight excluding hydrogens is 362 g/mol. The highest BCUT2D eigenvalue weighted by atomic mass is 35.5. The second kappa shape index (κ2) is 8.49. The summed E-state index contributed by atoms with van der Waals surface area (Å²) in [6.45, 7) is 2.82. The first kappa shape index (κ1) is 20.2. The summed E-state index contributed by atoms with van der Waals surface area (Å²) in [4.78, 5) is 14.6. The topological polar surface area (TPSA) is 78.5 Å². The highest BCUT2D eigenvalue weighted by Crippen LogP contribution is 2.28. The lowest BCUT2D eigenvalue weighted by Gasteiger charge is -2.17. The lowest BCUT2D eigenvalue weighted by Crippen LogP contribution is -2.31. The minimum absolute atomic E-state index is 0. The molecule has 140 valence electrons. The molecule has 2 N–H and O–H groups in total. The number of nitrogens with zero attached hydrogens (tertiary/aromatic N) is 1. The van der Waals surface area contributed by atoms with E-state index >= 15 is 0 Å². The Morgan fingerprint density at radius 2 is 1.96 bits per heavy atom. The summed E-state index contributed by atoms with van der Waals surface area (Å²) >= 11 is 0. The van der Waals surface area contributed by atoms with Crippen molar-refractivity contribution in [2.24, 2.45) is 11.8 Å². The number of carbonyl (C=O) groups excluding carboxylic acids is 1. The number of nitrogens with one attached hydrogen (secondary N) is 2. The molecular formula is C17H26ClN3O3S. The van der Waals surface area contributed by atoms with E-state index in [1.54, 1.807) is 18.2 Å². The Hall–Kier alpha value is -1.15. The molecule has 1 aliphatic carbocycles. The van der Waals surface area contributed by atoms with Crippen LogP contribution in [0.3, 0.4) is 0 Å². The van der Waals surface area contributed by atoms with Gasteiger partial charge in [0.15, 0.2) is 0 Å². The molecule has 1 heterocycles. The largest absolute Gasteiger partial charge is 0.338 e. The van der Waals surface area contributed by atoms with E-state index in [0.717, 1.165) is 38.9 Å². The molecule has 3 rings (SSSR count). The number of hydrogen-bond acceptors (Lipinski definition) is 4. The minimum Gasteiger partial charge on any atom is -0.338 e. The lowest BCUT2D eigenvalue weighted by atomic mass is 10.1. The third-order valence-corrected chi connectivity index (χ3v) is 6.14. The summed E-state index contributed by atoms with van der Waals surface area (Å²) < 4.78 is 27.3. The Bertz CT molecular complexity index is 707. The van der Waals surface area contributed by atoms with Gasteiger partial charge in [0.25, 0.3) is 5.91 Å². The fraction of sp³-hybridized carbons (Fsp3) is 0.588. The van der Waals surface area contributed by atoms with Crippen LogP contribution in [-0.4, -0.2) is 52.5 Å². The van der Waals surface area contributed by atoms with E-state index in [2.05, 4.69) is 10.0 Å². The van der Waals surface area contributed by atoms with Gasteiger partial charge in [-0.1, -0.05) is 6.07 Å². The van der Waals surface area contributed by atoms with Gasteiger partial charge in [0.2, 0.25) is 10.0 Å². The van der Waals surface area contributed by atoms with E-state index in [1.165, 1.54) is 6.07 Å². The number of likely N-dealkylation sites (tertiary alicyclic amines) is 1. The van der Waals surface area contributed by atoms with Gasteiger partial charge in [0.1, 0.15) is 0 Å². The molecule has 6 nitrogen and oxygen atoms in total. The van der Waals surface area contributed by atoms with Crippen molar-refractivity contribution in [3.8, 4) is 0 Å². The fourth-order valence-corrected chi connectivity index (χ4v) is 4.25. The van der Waals surface area contributed by atoms with Gasteiger partial charge in [-0.2, -0.15) is 0 Å². The normalized spacial score (nSPS) is 20.4. The van der Waals surface area contributed by atoms with Crippen LogP contribution in [-0.2, 0) is 10.0 Å². The Morgan fingerprint density at radius 3 is 2.64 bits per heavy atom. The van der Waals surface area contributed by atoms with Crippen molar-refractivity contribution in [2.45, 2.75) is 24.2 Å². The first-order valence-electron chi connectivity index (χ1n) is 8.53. The highest BCUT2D eigenvalue weighted by molar-refractivity contribution is 7.89.